The molecule has 0 saturated heterocycles. The maximum atomic E-state index is 12.1. The van der Waals surface area contributed by atoms with Crippen molar-refractivity contribution in [2.75, 3.05) is 6.54 Å². The highest BCUT2D eigenvalue weighted by molar-refractivity contribution is 5.94. The van der Waals surface area contributed by atoms with Gasteiger partial charge in [-0.2, -0.15) is 0 Å². The van der Waals surface area contributed by atoms with Gasteiger partial charge in [0, 0.05) is 12.2 Å². The molecule has 0 spiro atoms. The summed E-state index contributed by atoms with van der Waals surface area (Å²) in [6.07, 6.45) is 2.16. The normalized spacial score (nSPS) is 18.2. The van der Waals surface area contributed by atoms with E-state index in [4.69, 9.17) is 5.73 Å². The Balaban J connectivity index is 2.19. The Morgan fingerprint density at radius 1 is 1.56 bits per heavy atom. The number of nitrogens with one attached hydrogen (secondary N) is 2. The second-order valence-electron chi connectivity index (χ2n) is 5.23. The largest absolute Gasteiger partial charge is 0.345 e. The molecule has 1 heterocycles. The molecular formula is C13H19N3O2. The van der Waals surface area contributed by atoms with Crippen molar-refractivity contribution in [3.8, 4) is 0 Å². The summed E-state index contributed by atoms with van der Waals surface area (Å²) in [4.78, 5) is 26.4. The van der Waals surface area contributed by atoms with Gasteiger partial charge in [0.1, 0.15) is 5.56 Å². The molecule has 1 aliphatic rings. The fourth-order valence-electron chi connectivity index (χ4n) is 2.12. The van der Waals surface area contributed by atoms with Crippen LogP contribution in [0.25, 0.3) is 0 Å². The predicted molar refractivity (Wildman–Crippen MR) is 69.4 cm³/mol. The Morgan fingerprint density at radius 3 is 2.72 bits per heavy atom. The van der Waals surface area contributed by atoms with Crippen LogP contribution >= 0.6 is 0 Å². The van der Waals surface area contributed by atoms with E-state index in [9.17, 15) is 9.59 Å². The number of rotatable bonds is 4. The van der Waals surface area contributed by atoms with Gasteiger partial charge < -0.3 is 16.0 Å². The summed E-state index contributed by atoms with van der Waals surface area (Å²) in [6.45, 7) is 4.09. The third-order valence-corrected chi connectivity index (χ3v) is 3.60. The first-order valence-electron chi connectivity index (χ1n) is 6.19. The Hall–Kier alpha value is -1.62. The third-order valence-electron chi connectivity index (χ3n) is 3.60. The minimum atomic E-state index is -0.408. The van der Waals surface area contributed by atoms with E-state index >= 15 is 0 Å². The molecule has 4 N–H and O–H groups in total. The highest BCUT2D eigenvalue weighted by Crippen LogP contribution is 2.39. The molecule has 0 aromatic carbocycles. The zero-order valence-electron chi connectivity index (χ0n) is 10.7. The first kappa shape index (κ1) is 12.8. The van der Waals surface area contributed by atoms with Crippen molar-refractivity contribution < 1.29 is 4.79 Å². The number of H-pyrrole nitrogens is 1. The van der Waals surface area contributed by atoms with E-state index in [1.165, 1.54) is 0 Å². The van der Waals surface area contributed by atoms with Crippen molar-refractivity contribution in [1.82, 2.24) is 10.3 Å². The molecule has 1 saturated carbocycles. The number of nitrogens with two attached hydrogens (primary N) is 1. The van der Waals surface area contributed by atoms with Gasteiger partial charge in [0.15, 0.2) is 0 Å². The summed E-state index contributed by atoms with van der Waals surface area (Å²) < 4.78 is 0. The van der Waals surface area contributed by atoms with E-state index in [-0.39, 0.29) is 17.0 Å². The van der Waals surface area contributed by atoms with E-state index in [2.05, 4.69) is 10.3 Å². The van der Waals surface area contributed by atoms with Crippen molar-refractivity contribution in [2.24, 2.45) is 11.7 Å². The maximum absolute atomic E-state index is 12.1. The number of amides is 1. The Labute approximate surface area is 106 Å². The van der Waals surface area contributed by atoms with Gasteiger partial charge in [0.2, 0.25) is 0 Å². The molecule has 1 aromatic heterocycles. The smallest absolute Gasteiger partial charge is 0.260 e. The van der Waals surface area contributed by atoms with Crippen LogP contribution in [-0.2, 0) is 0 Å². The van der Waals surface area contributed by atoms with Crippen molar-refractivity contribution in [1.29, 1.82) is 0 Å². The molecular weight excluding hydrogens is 230 g/mol. The molecule has 1 fully saturated rings. The maximum Gasteiger partial charge on any atom is 0.260 e. The molecule has 1 unspecified atom stereocenters. The monoisotopic (exact) mass is 249 g/mol. The number of pyridine rings is 1. The standard InChI is InChI=1S/C13H19N3O2/c1-8-3-6-10(11(17)15-8)12(18)16-13(2,7-14)9-4-5-9/h3,6,9H,4-5,7,14H2,1-2H3,(H,15,17)(H,16,18). The SMILES string of the molecule is Cc1ccc(C(=O)NC(C)(CN)C2CC2)c(=O)[nH]1. The lowest BCUT2D eigenvalue weighted by atomic mass is 9.95. The average molecular weight is 249 g/mol. The van der Waals surface area contributed by atoms with Crippen LogP contribution in [0.1, 0.15) is 35.8 Å². The minimum absolute atomic E-state index is 0.140. The highest BCUT2D eigenvalue weighted by Gasteiger charge is 2.41. The van der Waals surface area contributed by atoms with Crippen LogP contribution < -0.4 is 16.6 Å². The van der Waals surface area contributed by atoms with Crippen molar-refractivity contribution in [3.05, 3.63) is 33.7 Å². The number of carbonyl (C=O) groups excluding carboxylic acids is 1. The Bertz CT molecular complexity index is 519. The molecule has 98 valence electrons. The zero-order valence-corrected chi connectivity index (χ0v) is 10.7. The second-order valence-corrected chi connectivity index (χ2v) is 5.23. The lowest BCUT2D eigenvalue weighted by Gasteiger charge is -2.29. The van der Waals surface area contributed by atoms with Gasteiger partial charge >= 0.3 is 0 Å². The average Bonchev–Trinajstić information content (AvgIpc) is 3.12. The Kier molecular flexibility index (Phi) is 3.26. The number of aromatic amines is 1. The van der Waals surface area contributed by atoms with Crippen LogP contribution in [0, 0.1) is 12.8 Å². The lowest BCUT2D eigenvalue weighted by Crippen LogP contribution is -2.53. The summed E-state index contributed by atoms with van der Waals surface area (Å²) in [6, 6.07) is 3.26. The summed E-state index contributed by atoms with van der Waals surface area (Å²) >= 11 is 0. The van der Waals surface area contributed by atoms with Crippen LogP contribution in [0.2, 0.25) is 0 Å². The number of hydrogen-bond acceptors (Lipinski definition) is 3. The lowest BCUT2D eigenvalue weighted by molar-refractivity contribution is 0.0896. The van der Waals surface area contributed by atoms with E-state index in [0.29, 0.717) is 12.5 Å². The molecule has 1 aromatic rings. The van der Waals surface area contributed by atoms with Gasteiger partial charge in [-0.15, -0.1) is 0 Å². The van der Waals surface area contributed by atoms with Crippen LogP contribution in [0.5, 0.6) is 0 Å². The number of aryl methyl sites for hydroxylation is 1. The van der Waals surface area contributed by atoms with Gasteiger partial charge in [-0.05, 0) is 44.7 Å². The molecule has 1 atom stereocenters. The summed E-state index contributed by atoms with van der Waals surface area (Å²) in [5.74, 6) is 0.0760. The first-order valence-corrected chi connectivity index (χ1v) is 6.19. The Morgan fingerprint density at radius 2 is 2.22 bits per heavy atom. The van der Waals surface area contributed by atoms with Gasteiger partial charge in [-0.1, -0.05) is 0 Å². The van der Waals surface area contributed by atoms with Crippen LogP contribution in [0.3, 0.4) is 0 Å². The van der Waals surface area contributed by atoms with Gasteiger partial charge in [-0.25, -0.2) is 0 Å². The van der Waals surface area contributed by atoms with E-state index in [0.717, 1.165) is 18.5 Å². The second kappa shape index (κ2) is 4.57. The van der Waals surface area contributed by atoms with E-state index < -0.39 is 5.54 Å². The van der Waals surface area contributed by atoms with Crippen molar-refractivity contribution in [3.63, 3.8) is 0 Å². The molecule has 18 heavy (non-hydrogen) atoms. The van der Waals surface area contributed by atoms with Gasteiger partial charge in [-0.3, -0.25) is 9.59 Å². The predicted octanol–water partition coefficient (Wildman–Crippen LogP) is 0.541. The van der Waals surface area contributed by atoms with Crippen LogP contribution in [0.15, 0.2) is 16.9 Å². The molecule has 5 nitrogen and oxygen atoms in total. The fourth-order valence-corrected chi connectivity index (χ4v) is 2.12. The molecule has 0 aliphatic heterocycles. The molecule has 2 rings (SSSR count). The summed E-state index contributed by atoms with van der Waals surface area (Å²) in [5.41, 5.74) is 5.85. The van der Waals surface area contributed by atoms with Crippen LogP contribution in [0.4, 0.5) is 0 Å². The number of hydrogen-bond donors (Lipinski definition) is 3. The molecule has 1 amide bonds. The third kappa shape index (κ3) is 2.46. The molecule has 0 bridgehead atoms. The summed E-state index contributed by atoms with van der Waals surface area (Å²) in [7, 11) is 0. The van der Waals surface area contributed by atoms with Crippen LogP contribution in [-0.4, -0.2) is 23.0 Å². The molecule has 0 radical (unpaired) electrons. The number of aromatic nitrogens is 1. The fraction of sp³-hybridized carbons (Fsp3) is 0.538. The van der Waals surface area contributed by atoms with Gasteiger partial charge in [0.05, 0.1) is 5.54 Å². The topological polar surface area (TPSA) is 88.0 Å². The number of carbonyl (C=O) groups is 1. The minimum Gasteiger partial charge on any atom is -0.345 e. The van der Waals surface area contributed by atoms with E-state index in [1.54, 1.807) is 19.1 Å². The zero-order chi connectivity index (χ0) is 13.3. The van der Waals surface area contributed by atoms with Gasteiger partial charge in [0.25, 0.3) is 11.5 Å². The van der Waals surface area contributed by atoms with E-state index in [1.807, 2.05) is 6.92 Å². The molecule has 5 heteroatoms. The highest BCUT2D eigenvalue weighted by atomic mass is 16.2. The summed E-state index contributed by atoms with van der Waals surface area (Å²) in [5, 5.41) is 2.90. The quantitative estimate of drug-likeness (QED) is 0.727. The molecule has 1 aliphatic carbocycles. The van der Waals surface area contributed by atoms with Crippen molar-refractivity contribution in [2.45, 2.75) is 32.2 Å². The van der Waals surface area contributed by atoms with Crippen molar-refractivity contribution >= 4 is 5.91 Å². The first-order chi connectivity index (χ1) is 8.46.